The van der Waals surface area contributed by atoms with Crippen LogP contribution in [0.3, 0.4) is 0 Å². The lowest BCUT2D eigenvalue weighted by atomic mass is 10.3. The quantitative estimate of drug-likeness (QED) is 0.850. The Kier molecular flexibility index (Phi) is 4.03. The molecular formula is C12H12F2N2O3S. The van der Waals surface area contributed by atoms with Crippen molar-refractivity contribution in [2.24, 2.45) is 0 Å². The number of sulfone groups is 1. The highest BCUT2D eigenvalue weighted by Crippen LogP contribution is 2.18. The summed E-state index contributed by atoms with van der Waals surface area (Å²) < 4.78 is 53.7. The number of aromatic nitrogens is 2. The normalized spacial score (nSPS) is 11.8. The van der Waals surface area contributed by atoms with Crippen molar-refractivity contribution < 1.29 is 21.9 Å². The smallest absolute Gasteiger partial charge is 0.320 e. The summed E-state index contributed by atoms with van der Waals surface area (Å²) >= 11 is 0. The standard InChI is InChI=1S/C12H12F2N2O3S/c1-20(17,18)10-4-2-9(3-5-10)19-8-11-15-6-7-16(11)12(13)14/h2-7,12H,8H2,1H3. The second-order valence-corrected chi connectivity index (χ2v) is 6.08. The molecule has 0 amide bonds. The lowest BCUT2D eigenvalue weighted by molar-refractivity contribution is 0.0632. The minimum Gasteiger partial charge on any atom is -0.486 e. The zero-order valence-electron chi connectivity index (χ0n) is 10.5. The monoisotopic (exact) mass is 302 g/mol. The molecule has 0 radical (unpaired) electrons. The maximum Gasteiger partial charge on any atom is 0.320 e. The van der Waals surface area contributed by atoms with E-state index >= 15 is 0 Å². The van der Waals surface area contributed by atoms with Crippen LogP contribution in [0.5, 0.6) is 5.75 Å². The third-order valence-electron chi connectivity index (χ3n) is 2.58. The minimum atomic E-state index is -3.27. The molecular weight excluding hydrogens is 290 g/mol. The molecule has 8 heteroatoms. The zero-order valence-corrected chi connectivity index (χ0v) is 11.3. The molecule has 5 nitrogen and oxygen atoms in total. The highest BCUT2D eigenvalue weighted by atomic mass is 32.2. The van der Waals surface area contributed by atoms with Gasteiger partial charge in [-0.15, -0.1) is 0 Å². The fourth-order valence-corrected chi connectivity index (χ4v) is 2.19. The van der Waals surface area contributed by atoms with Gasteiger partial charge in [0.2, 0.25) is 0 Å². The van der Waals surface area contributed by atoms with E-state index < -0.39 is 16.4 Å². The second-order valence-electron chi connectivity index (χ2n) is 4.06. The Hall–Kier alpha value is -1.96. The van der Waals surface area contributed by atoms with Crippen LogP contribution in [0.1, 0.15) is 12.4 Å². The Labute approximate surface area is 114 Å². The fourth-order valence-electron chi connectivity index (χ4n) is 1.56. The summed E-state index contributed by atoms with van der Waals surface area (Å²) in [5.41, 5.74) is 0. The Bertz CT molecular complexity index is 681. The maximum absolute atomic E-state index is 12.6. The molecule has 0 N–H and O–H groups in total. The van der Waals surface area contributed by atoms with Gasteiger partial charge >= 0.3 is 6.55 Å². The van der Waals surface area contributed by atoms with Crippen molar-refractivity contribution >= 4 is 9.84 Å². The van der Waals surface area contributed by atoms with Crippen LogP contribution in [-0.4, -0.2) is 24.2 Å². The lowest BCUT2D eigenvalue weighted by Gasteiger charge is -2.08. The van der Waals surface area contributed by atoms with E-state index in [4.69, 9.17) is 4.74 Å². The van der Waals surface area contributed by atoms with E-state index in [1.807, 2.05) is 0 Å². The molecule has 2 aromatic rings. The summed E-state index contributed by atoms with van der Waals surface area (Å²) in [6, 6.07) is 5.71. The van der Waals surface area contributed by atoms with Gasteiger partial charge in [-0.2, -0.15) is 8.78 Å². The van der Waals surface area contributed by atoms with Crippen molar-refractivity contribution in [3.05, 3.63) is 42.5 Å². The van der Waals surface area contributed by atoms with Gasteiger partial charge in [0, 0.05) is 18.6 Å². The van der Waals surface area contributed by atoms with E-state index in [0.29, 0.717) is 10.3 Å². The number of alkyl halides is 2. The number of halogens is 2. The van der Waals surface area contributed by atoms with Gasteiger partial charge in [-0.05, 0) is 24.3 Å². The van der Waals surface area contributed by atoms with Crippen molar-refractivity contribution in [2.45, 2.75) is 18.1 Å². The molecule has 0 aliphatic carbocycles. The molecule has 0 atom stereocenters. The third-order valence-corrected chi connectivity index (χ3v) is 3.71. The number of nitrogens with zero attached hydrogens (tertiary/aromatic N) is 2. The number of benzene rings is 1. The summed E-state index contributed by atoms with van der Waals surface area (Å²) in [6.45, 7) is -2.81. The molecule has 0 bridgehead atoms. The van der Waals surface area contributed by atoms with E-state index in [2.05, 4.69) is 4.98 Å². The molecule has 1 aromatic heterocycles. The molecule has 0 spiro atoms. The first kappa shape index (κ1) is 14.4. The summed E-state index contributed by atoms with van der Waals surface area (Å²) in [5, 5.41) is 0. The van der Waals surface area contributed by atoms with Gasteiger partial charge in [0.25, 0.3) is 0 Å². The largest absolute Gasteiger partial charge is 0.486 e. The minimum absolute atomic E-state index is 0.0900. The summed E-state index contributed by atoms with van der Waals surface area (Å²) in [7, 11) is -3.27. The molecule has 0 unspecified atom stereocenters. The van der Waals surface area contributed by atoms with Gasteiger partial charge in [-0.1, -0.05) is 0 Å². The third kappa shape index (κ3) is 3.32. The highest BCUT2D eigenvalue weighted by Gasteiger charge is 2.12. The van der Waals surface area contributed by atoms with E-state index in [0.717, 1.165) is 12.5 Å². The predicted molar refractivity (Wildman–Crippen MR) is 67.4 cm³/mol. The van der Waals surface area contributed by atoms with Crippen LogP contribution in [0.15, 0.2) is 41.6 Å². The molecule has 0 aliphatic rings. The van der Waals surface area contributed by atoms with Gasteiger partial charge in [-0.3, -0.25) is 4.57 Å². The number of hydrogen-bond acceptors (Lipinski definition) is 4. The molecule has 0 aliphatic heterocycles. The average molecular weight is 302 g/mol. The average Bonchev–Trinajstić information content (AvgIpc) is 2.84. The van der Waals surface area contributed by atoms with Crippen molar-refractivity contribution in [1.82, 2.24) is 9.55 Å². The second kappa shape index (κ2) is 5.58. The first-order valence-electron chi connectivity index (χ1n) is 5.61. The van der Waals surface area contributed by atoms with Gasteiger partial charge < -0.3 is 4.74 Å². The van der Waals surface area contributed by atoms with Crippen LogP contribution in [0.2, 0.25) is 0 Å². The van der Waals surface area contributed by atoms with E-state index in [1.165, 1.54) is 30.5 Å². The Balaban J connectivity index is 2.06. The summed E-state index contributed by atoms with van der Waals surface area (Å²) in [4.78, 5) is 3.94. The highest BCUT2D eigenvalue weighted by molar-refractivity contribution is 7.90. The summed E-state index contributed by atoms with van der Waals surface area (Å²) in [6.07, 6.45) is 3.52. The lowest BCUT2D eigenvalue weighted by Crippen LogP contribution is -2.07. The number of imidazole rings is 1. The maximum atomic E-state index is 12.6. The van der Waals surface area contributed by atoms with Crippen molar-refractivity contribution in [1.29, 1.82) is 0 Å². The predicted octanol–water partition coefficient (Wildman–Crippen LogP) is 2.26. The van der Waals surface area contributed by atoms with Gasteiger partial charge in [0.1, 0.15) is 12.4 Å². The van der Waals surface area contributed by atoms with Crippen molar-refractivity contribution in [3.8, 4) is 5.75 Å². The molecule has 108 valence electrons. The zero-order chi connectivity index (χ0) is 14.8. The van der Waals surface area contributed by atoms with Gasteiger partial charge in [0.15, 0.2) is 15.7 Å². The van der Waals surface area contributed by atoms with Crippen LogP contribution in [0, 0.1) is 0 Å². The van der Waals surface area contributed by atoms with E-state index in [1.54, 1.807) is 0 Å². The molecule has 1 heterocycles. The van der Waals surface area contributed by atoms with Crippen molar-refractivity contribution in [3.63, 3.8) is 0 Å². The van der Waals surface area contributed by atoms with Crippen LogP contribution < -0.4 is 4.74 Å². The Morgan fingerprint density at radius 1 is 1.30 bits per heavy atom. The SMILES string of the molecule is CS(=O)(=O)c1ccc(OCc2nccn2C(F)F)cc1. The van der Waals surface area contributed by atoms with Crippen LogP contribution in [-0.2, 0) is 16.4 Å². The van der Waals surface area contributed by atoms with Crippen LogP contribution in [0.4, 0.5) is 8.78 Å². The first-order chi connectivity index (χ1) is 9.38. The molecule has 20 heavy (non-hydrogen) atoms. The fraction of sp³-hybridized carbons (Fsp3) is 0.250. The van der Waals surface area contributed by atoms with Gasteiger partial charge in [-0.25, -0.2) is 13.4 Å². The molecule has 0 saturated carbocycles. The summed E-state index contributed by atoms with van der Waals surface area (Å²) in [5.74, 6) is 0.466. The van der Waals surface area contributed by atoms with Gasteiger partial charge in [0.05, 0.1) is 4.90 Å². The Morgan fingerprint density at radius 2 is 1.95 bits per heavy atom. The number of rotatable bonds is 5. The Morgan fingerprint density at radius 3 is 2.50 bits per heavy atom. The topological polar surface area (TPSA) is 61.2 Å². The molecule has 1 aromatic carbocycles. The number of ether oxygens (including phenoxy) is 1. The van der Waals surface area contributed by atoms with Crippen molar-refractivity contribution in [2.75, 3.05) is 6.26 Å². The molecule has 0 saturated heterocycles. The van der Waals surface area contributed by atoms with Crippen LogP contribution >= 0.6 is 0 Å². The first-order valence-corrected chi connectivity index (χ1v) is 7.50. The van der Waals surface area contributed by atoms with E-state index in [-0.39, 0.29) is 17.3 Å². The molecule has 0 fully saturated rings. The van der Waals surface area contributed by atoms with E-state index in [9.17, 15) is 17.2 Å². The number of hydrogen-bond donors (Lipinski definition) is 0. The molecule has 2 rings (SSSR count). The van der Waals surface area contributed by atoms with Crippen LogP contribution in [0.25, 0.3) is 0 Å².